The predicted octanol–water partition coefficient (Wildman–Crippen LogP) is 5.10. The average molecular weight is 521 g/mol. The van der Waals surface area contributed by atoms with Gasteiger partial charge in [0.2, 0.25) is 0 Å². The molecular weight excluding hydrogens is 500 g/mol. The Hall–Kier alpha value is -2.36. The van der Waals surface area contributed by atoms with Crippen LogP contribution in [0.25, 0.3) is 6.08 Å². The molecule has 9 heteroatoms. The summed E-state index contributed by atoms with van der Waals surface area (Å²) < 4.78 is 12.3. The maximum Gasteiger partial charge on any atom is 0.285 e. The van der Waals surface area contributed by atoms with Crippen molar-refractivity contribution < 1.29 is 19.1 Å². The fourth-order valence-corrected chi connectivity index (χ4v) is 4.68. The number of nitrogens with zero attached hydrogens (tertiary/aromatic N) is 1. The third-order valence-corrected chi connectivity index (χ3v) is 6.21. The highest BCUT2D eigenvalue weighted by Gasteiger charge is 2.34. The molecule has 1 heterocycles. The van der Waals surface area contributed by atoms with Gasteiger partial charge in [-0.15, -0.1) is 0 Å². The minimum Gasteiger partial charge on any atom is -0.490 e. The molecule has 2 aromatic carbocycles. The van der Waals surface area contributed by atoms with E-state index in [1.54, 1.807) is 24.3 Å². The van der Waals surface area contributed by atoms with Crippen molar-refractivity contribution in [2.75, 3.05) is 13.2 Å². The molecule has 0 atom stereocenters. The smallest absolute Gasteiger partial charge is 0.285 e. The first-order valence-corrected chi connectivity index (χ1v) is 11.6. The number of rotatable bonds is 7. The van der Waals surface area contributed by atoms with Gasteiger partial charge in [-0.1, -0.05) is 30.0 Å². The summed E-state index contributed by atoms with van der Waals surface area (Å²) in [6.45, 7) is 6.59. The van der Waals surface area contributed by atoms with Gasteiger partial charge in [-0.2, -0.15) is 5.01 Å². The molecule has 1 saturated heterocycles. The maximum absolute atomic E-state index is 12.9. The lowest BCUT2D eigenvalue weighted by molar-refractivity contribution is -0.123. The molecule has 0 spiro atoms. The number of nitrogens with one attached hydrogen (secondary N) is 1. The fourth-order valence-electron chi connectivity index (χ4n) is 2.92. The third kappa shape index (κ3) is 5.28. The Morgan fingerprint density at radius 1 is 1.23 bits per heavy atom. The molecule has 0 aromatic heterocycles. The van der Waals surface area contributed by atoms with Crippen LogP contribution in [0.1, 0.15) is 35.3 Å². The zero-order chi connectivity index (χ0) is 22.5. The quantitative estimate of drug-likeness (QED) is 0.404. The van der Waals surface area contributed by atoms with E-state index >= 15 is 0 Å². The Morgan fingerprint density at radius 2 is 1.94 bits per heavy atom. The van der Waals surface area contributed by atoms with E-state index < -0.39 is 5.91 Å². The minimum absolute atomic E-state index is 0.258. The Morgan fingerprint density at radius 3 is 2.61 bits per heavy atom. The van der Waals surface area contributed by atoms with Crippen LogP contribution in [-0.4, -0.2) is 34.4 Å². The van der Waals surface area contributed by atoms with E-state index in [2.05, 4.69) is 21.4 Å². The van der Waals surface area contributed by atoms with E-state index in [4.69, 9.17) is 21.7 Å². The molecule has 0 aliphatic carbocycles. The van der Waals surface area contributed by atoms with Crippen LogP contribution in [0.3, 0.4) is 0 Å². The Kier molecular flexibility index (Phi) is 7.74. The van der Waals surface area contributed by atoms with E-state index in [0.717, 1.165) is 32.4 Å². The summed E-state index contributed by atoms with van der Waals surface area (Å²) in [6.07, 6.45) is 1.71. The molecule has 2 amide bonds. The second kappa shape index (κ2) is 10.3. The highest BCUT2D eigenvalue weighted by Crippen LogP contribution is 2.39. The lowest BCUT2D eigenvalue weighted by atomic mass is 10.1. The number of hydrogen-bond donors (Lipinski definition) is 1. The van der Waals surface area contributed by atoms with Crippen LogP contribution in [0.15, 0.2) is 45.8 Å². The van der Waals surface area contributed by atoms with Gasteiger partial charge in [-0.05, 0) is 84.3 Å². The summed E-state index contributed by atoms with van der Waals surface area (Å²) in [4.78, 5) is 25.9. The van der Waals surface area contributed by atoms with Crippen LogP contribution in [0.5, 0.6) is 11.5 Å². The van der Waals surface area contributed by atoms with Crippen LogP contribution in [0.4, 0.5) is 0 Å². The summed E-state index contributed by atoms with van der Waals surface area (Å²) in [5, 5.41) is 1.10. The highest BCUT2D eigenvalue weighted by molar-refractivity contribution is 9.10. The average Bonchev–Trinajstić information content (AvgIpc) is 2.98. The molecule has 0 unspecified atom stereocenters. The first-order valence-electron chi connectivity index (χ1n) is 9.59. The number of halogens is 1. The molecule has 162 valence electrons. The van der Waals surface area contributed by atoms with Gasteiger partial charge in [-0.3, -0.25) is 15.0 Å². The molecule has 1 aliphatic rings. The standard InChI is InChI=1S/C22H21BrN2O4S2/c1-4-28-17-11-14(10-16(23)19(17)29-5-2)12-18-21(27)25(22(30)31-18)24-20(26)15-9-7-6-8-13(15)3/h6-12H,4-5H2,1-3H3,(H,24,26)/b18-12-. The number of carbonyl (C=O) groups excluding carboxylic acids is 2. The monoisotopic (exact) mass is 520 g/mol. The summed E-state index contributed by atoms with van der Waals surface area (Å²) in [5.41, 5.74) is 4.64. The summed E-state index contributed by atoms with van der Waals surface area (Å²) in [7, 11) is 0. The Bertz CT molecular complexity index is 1070. The molecular formula is C22H21BrN2O4S2. The van der Waals surface area contributed by atoms with Crippen molar-refractivity contribution in [3.63, 3.8) is 0 Å². The lowest BCUT2D eigenvalue weighted by Crippen LogP contribution is -2.45. The highest BCUT2D eigenvalue weighted by atomic mass is 79.9. The van der Waals surface area contributed by atoms with Gasteiger partial charge in [0, 0.05) is 5.56 Å². The van der Waals surface area contributed by atoms with Crippen molar-refractivity contribution in [3.8, 4) is 11.5 Å². The number of carbonyl (C=O) groups is 2. The zero-order valence-electron chi connectivity index (χ0n) is 17.2. The van der Waals surface area contributed by atoms with Crippen molar-refractivity contribution in [2.24, 2.45) is 0 Å². The zero-order valence-corrected chi connectivity index (χ0v) is 20.4. The number of thioether (sulfide) groups is 1. The van der Waals surface area contributed by atoms with Crippen molar-refractivity contribution in [1.29, 1.82) is 0 Å². The van der Waals surface area contributed by atoms with Gasteiger partial charge < -0.3 is 9.47 Å². The molecule has 6 nitrogen and oxygen atoms in total. The molecule has 0 bridgehead atoms. The molecule has 2 aromatic rings. The number of aryl methyl sites for hydroxylation is 1. The van der Waals surface area contributed by atoms with Gasteiger partial charge in [-0.25, -0.2) is 0 Å². The van der Waals surface area contributed by atoms with Crippen LogP contribution < -0.4 is 14.9 Å². The summed E-state index contributed by atoms with van der Waals surface area (Å²) in [6, 6.07) is 10.8. The van der Waals surface area contributed by atoms with Crippen LogP contribution in [0.2, 0.25) is 0 Å². The van der Waals surface area contributed by atoms with Gasteiger partial charge in [0.15, 0.2) is 15.8 Å². The fraction of sp³-hybridized carbons (Fsp3) is 0.227. The number of thiocarbonyl (C=S) groups is 1. The van der Waals surface area contributed by atoms with E-state index in [1.165, 1.54) is 0 Å². The third-order valence-electron chi connectivity index (χ3n) is 4.31. The topological polar surface area (TPSA) is 67.9 Å². The largest absolute Gasteiger partial charge is 0.490 e. The van der Waals surface area contributed by atoms with E-state index in [0.29, 0.717) is 35.2 Å². The second-order valence-corrected chi connectivity index (χ2v) is 9.00. The second-order valence-electron chi connectivity index (χ2n) is 6.47. The van der Waals surface area contributed by atoms with E-state index in [-0.39, 0.29) is 10.2 Å². The molecule has 1 fully saturated rings. The van der Waals surface area contributed by atoms with Crippen molar-refractivity contribution in [2.45, 2.75) is 20.8 Å². The Labute approximate surface area is 199 Å². The van der Waals surface area contributed by atoms with Crippen molar-refractivity contribution >= 4 is 62.1 Å². The van der Waals surface area contributed by atoms with Gasteiger partial charge in [0.25, 0.3) is 11.8 Å². The van der Waals surface area contributed by atoms with Gasteiger partial charge >= 0.3 is 0 Å². The number of benzene rings is 2. The number of hydrogen-bond acceptors (Lipinski definition) is 6. The lowest BCUT2D eigenvalue weighted by Gasteiger charge is -2.16. The number of amides is 2. The minimum atomic E-state index is -0.391. The van der Waals surface area contributed by atoms with Crippen LogP contribution >= 0.6 is 39.9 Å². The van der Waals surface area contributed by atoms with Crippen LogP contribution in [0, 0.1) is 6.92 Å². The predicted molar refractivity (Wildman–Crippen MR) is 130 cm³/mol. The normalized spacial score (nSPS) is 14.8. The molecule has 0 radical (unpaired) electrons. The SMILES string of the molecule is CCOc1cc(/C=C2\SC(=S)N(NC(=O)c3ccccc3C)C2=O)cc(Br)c1OCC. The van der Waals surface area contributed by atoms with Crippen molar-refractivity contribution in [3.05, 3.63) is 62.5 Å². The molecule has 1 aliphatic heterocycles. The van der Waals surface area contributed by atoms with Gasteiger partial charge in [0.1, 0.15) is 0 Å². The van der Waals surface area contributed by atoms with Gasteiger partial charge in [0.05, 0.1) is 22.6 Å². The maximum atomic E-state index is 12.9. The Balaban J connectivity index is 1.85. The number of hydrazine groups is 1. The summed E-state index contributed by atoms with van der Waals surface area (Å²) >= 11 is 9.95. The van der Waals surface area contributed by atoms with E-state index in [9.17, 15) is 9.59 Å². The van der Waals surface area contributed by atoms with Crippen molar-refractivity contribution in [1.82, 2.24) is 10.4 Å². The number of ether oxygens (including phenoxy) is 2. The molecule has 1 N–H and O–H groups in total. The first-order chi connectivity index (χ1) is 14.8. The van der Waals surface area contributed by atoms with E-state index in [1.807, 2.05) is 39.0 Å². The molecule has 0 saturated carbocycles. The molecule has 3 rings (SSSR count). The molecule has 31 heavy (non-hydrogen) atoms. The summed E-state index contributed by atoms with van der Waals surface area (Å²) in [5.74, 6) is 0.408. The van der Waals surface area contributed by atoms with Crippen LogP contribution in [-0.2, 0) is 4.79 Å². The first kappa shape index (κ1) is 23.3.